The molecule has 0 bridgehead atoms. The quantitative estimate of drug-likeness (QED) is 0.553. The van der Waals surface area contributed by atoms with Crippen LogP contribution in [0.5, 0.6) is 0 Å². The van der Waals surface area contributed by atoms with Crippen molar-refractivity contribution >= 4 is 11.9 Å². The molecule has 7 nitrogen and oxygen atoms in total. The second-order valence-electron chi connectivity index (χ2n) is 4.37. The van der Waals surface area contributed by atoms with Crippen molar-refractivity contribution in [2.75, 3.05) is 0 Å². The van der Waals surface area contributed by atoms with Crippen LogP contribution in [0.25, 0.3) is 0 Å². The van der Waals surface area contributed by atoms with Crippen LogP contribution in [-0.4, -0.2) is 45.5 Å². The van der Waals surface area contributed by atoms with Gasteiger partial charge in [0.2, 0.25) is 0 Å². The standard InChI is InChI=1S/C13H17NO6/c1-7(14)10(8-5-3-2-4-6-8)20-11(13(18)19)9(15)12(16)17/h2-7,9-11,15H,14H2,1H3,(H,16,17)(H,18,19)/t7-,9?,10?,11?/m0/s1. The zero-order valence-corrected chi connectivity index (χ0v) is 10.8. The minimum absolute atomic E-state index is 0.583. The van der Waals surface area contributed by atoms with Crippen LogP contribution in [0.4, 0.5) is 0 Å². The van der Waals surface area contributed by atoms with Gasteiger partial charge in [-0.1, -0.05) is 30.3 Å². The summed E-state index contributed by atoms with van der Waals surface area (Å²) in [5.41, 5.74) is 6.35. The molecule has 0 heterocycles. The van der Waals surface area contributed by atoms with Gasteiger partial charge in [-0.15, -0.1) is 0 Å². The summed E-state index contributed by atoms with van der Waals surface area (Å²) in [6.45, 7) is 1.60. The van der Waals surface area contributed by atoms with Gasteiger partial charge in [0, 0.05) is 6.04 Å². The van der Waals surface area contributed by atoms with Gasteiger partial charge in [0.05, 0.1) is 6.10 Å². The molecule has 0 aromatic heterocycles. The lowest BCUT2D eigenvalue weighted by Crippen LogP contribution is -2.44. The van der Waals surface area contributed by atoms with Crippen molar-refractivity contribution in [1.82, 2.24) is 0 Å². The molecule has 4 atom stereocenters. The van der Waals surface area contributed by atoms with Crippen molar-refractivity contribution < 1.29 is 29.6 Å². The van der Waals surface area contributed by atoms with E-state index < -0.39 is 36.3 Å². The number of hydrogen-bond donors (Lipinski definition) is 4. The number of carboxylic acids is 2. The molecular formula is C13H17NO6. The van der Waals surface area contributed by atoms with E-state index in [9.17, 15) is 14.7 Å². The van der Waals surface area contributed by atoms with Crippen molar-refractivity contribution in [2.24, 2.45) is 5.73 Å². The number of aliphatic hydroxyl groups excluding tert-OH is 1. The number of carbonyl (C=O) groups is 2. The lowest BCUT2D eigenvalue weighted by molar-refractivity contribution is -0.177. The first-order valence-corrected chi connectivity index (χ1v) is 5.94. The summed E-state index contributed by atoms with van der Waals surface area (Å²) in [4.78, 5) is 21.8. The molecule has 1 aromatic rings. The number of carboxylic acid groups (broad SMARTS) is 2. The van der Waals surface area contributed by atoms with Gasteiger partial charge in [-0.2, -0.15) is 0 Å². The highest BCUT2D eigenvalue weighted by molar-refractivity contribution is 5.83. The van der Waals surface area contributed by atoms with Gasteiger partial charge in [-0.25, -0.2) is 9.59 Å². The molecule has 7 heteroatoms. The molecule has 0 aliphatic carbocycles. The molecule has 0 aliphatic rings. The number of benzene rings is 1. The third kappa shape index (κ3) is 4.02. The lowest BCUT2D eigenvalue weighted by Gasteiger charge is -2.26. The van der Waals surface area contributed by atoms with Gasteiger partial charge in [0.25, 0.3) is 0 Å². The van der Waals surface area contributed by atoms with Gasteiger partial charge >= 0.3 is 11.9 Å². The summed E-state index contributed by atoms with van der Waals surface area (Å²) in [5.74, 6) is -3.24. The van der Waals surface area contributed by atoms with Gasteiger partial charge in [0.1, 0.15) is 0 Å². The molecule has 0 aliphatic heterocycles. The molecule has 1 rings (SSSR count). The van der Waals surface area contributed by atoms with Crippen LogP contribution >= 0.6 is 0 Å². The Kier molecular flexibility index (Phi) is 5.63. The van der Waals surface area contributed by atoms with Crippen LogP contribution in [0.2, 0.25) is 0 Å². The Bertz CT molecular complexity index is 461. The lowest BCUT2D eigenvalue weighted by atomic mass is 10.0. The highest BCUT2D eigenvalue weighted by Gasteiger charge is 2.36. The molecule has 0 radical (unpaired) electrons. The largest absolute Gasteiger partial charge is 0.479 e. The summed E-state index contributed by atoms with van der Waals surface area (Å²) in [7, 11) is 0. The monoisotopic (exact) mass is 283 g/mol. The highest BCUT2D eigenvalue weighted by atomic mass is 16.5. The van der Waals surface area contributed by atoms with E-state index in [0.717, 1.165) is 0 Å². The number of nitrogens with two attached hydrogens (primary N) is 1. The maximum atomic E-state index is 11.0. The van der Waals surface area contributed by atoms with E-state index in [-0.39, 0.29) is 0 Å². The van der Waals surface area contributed by atoms with Gasteiger partial charge in [-0.3, -0.25) is 0 Å². The van der Waals surface area contributed by atoms with Crippen LogP contribution in [0.3, 0.4) is 0 Å². The first kappa shape index (κ1) is 16.1. The topological polar surface area (TPSA) is 130 Å². The first-order valence-electron chi connectivity index (χ1n) is 5.94. The maximum absolute atomic E-state index is 11.0. The van der Waals surface area contributed by atoms with Crippen molar-refractivity contribution in [3.8, 4) is 0 Å². The molecule has 0 saturated carbocycles. The Morgan fingerprint density at radius 2 is 1.70 bits per heavy atom. The SMILES string of the molecule is C[C@H](N)C(OC(C(=O)O)C(O)C(=O)O)c1ccccc1. The van der Waals surface area contributed by atoms with Crippen LogP contribution < -0.4 is 5.73 Å². The van der Waals surface area contributed by atoms with E-state index in [1.807, 2.05) is 0 Å². The predicted molar refractivity (Wildman–Crippen MR) is 69.0 cm³/mol. The molecule has 110 valence electrons. The van der Waals surface area contributed by atoms with Gasteiger partial charge < -0.3 is 25.8 Å². The van der Waals surface area contributed by atoms with Crippen molar-refractivity contribution in [2.45, 2.75) is 31.3 Å². The summed E-state index contributed by atoms with van der Waals surface area (Å²) in [5, 5.41) is 27.1. The van der Waals surface area contributed by atoms with Crippen LogP contribution in [0, 0.1) is 0 Å². The molecule has 0 fully saturated rings. The molecular weight excluding hydrogens is 266 g/mol. The molecule has 0 saturated heterocycles. The Hall–Kier alpha value is -1.96. The van der Waals surface area contributed by atoms with E-state index >= 15 is 0 Å². The minimum Gasteiger partial charge on any atom is -0.479 e. The van der Waals surface area contributed by atoms with E-state index in [2.05, 4.69) is 0 Å². The van der Waals surface area contributed by atoms with Crippen LogP contribution in [0.1, 0.15) is 18.6 Å². The van der Waals surface area contributed by atoms with Gasteiger partial charge in [-0.05, 0) is 12.5 Å². The van der Waals surface area contributed by atoms with Crippen LogP contribution in [-0.2, 0) is 14.3 Å². The second-order valence-corrected chi connectivity index (χ2v) is 4.37. The van der Waals surface area contributed by atoms with E-state index in [0.29, 0.717) is 5.56 Å². The molecule has 0 spiro atoms. The Labute approximate surface area is 115 Å². The third-order valence-electron chi connectivity index (χ3n) is 2.68. The number of hydrogen-bond acceptors (Lipinski definition) is 5. The normalized spacial score (nSPS) is 16.9. The van der Waals surface area contributed by atoms with Gasteiger partial charge in [0.15, 0.2) is 12.2 Å². The maximum Gasteiger partial charge on any atom is 0.336 e. The molecule has 3 unspecified atom stereocenters. The fraction of sp³-hybridized carbons (Fsp3) is 0.385. The Morgan fingerprint density at radius 1 is 1.15 bits per heavy atom. The number of ether oxygens (including phenoxy) is 1. The average molecular weight is 283 g/mol. The van der Waals surface area contributed by atoms with Crippen molar-refractivity contribution in [3.05, 3.63) is 35.9 Å². The fourth-order valence-corrected chi connectivity index (χ4v) is 1.70. The summed E-state index contributed by atoms with van der Waals surface area (Å²) in [6.07, 6.45) is -4.91. The molecule has 20 heavy (non-hydrogen) atoms. The van der Waals surface area contributed by atoms with E-state index in [1.165, 1.54) is 0 Å². The predicted octanol–water partition coefficient (Wildman–Crippen LogP) is -0.00980. The van der Waals surface area contributed by atoms with Crippen molar-refractivity contribution in [1.29, 1.82) is 0 Å². The number of aliphatic hydroxyl groups is 1. The smallest absolute Gasteiger partial charge is 0.336 e. The van der Waals surface area contributed by atoms with Crippen molar-refractivity contribution in [3.63, 3.8) is 0 Å². The minimum atomic E-state index is -2.17. The average Bonchev–Trinajstić information content (AvgIpc) is 2.39. The van der Waals surface area contributed by atoms with E-state index in [1.54, 1.807) is 37.3 Å². The molecule has 0 amide bonds. The third-order valence-corrected chi connectivity index (χ3v) is 2.68. The molecule has 5 N–H and O–H groups in total. The zero-order valence-electron chi connectivity index (χ0n) is 10.8. The molecule has 1 aromatic carbocycles. The summed E-state index contributed by atoms with van der Waals surface area (Å²) >= 11 is 0. The number of aliphatic carboxylic acids is 2. The summed E-state index contributed by atoms with van der Waals surface area (Å²) < 4.78 is 5.23. The van der Waals surface area contributed by atoms with E-state index in [4.69, 9.17) is 20.7 Å². The Morgan fingerprint density at radius 3 is 2.10 bits per heavy atom. The fourth-order valence-electron chi connectivity index (χ4n) is 1.70. The second kappa shape index (κ2) is 6.99. The summed E-state index contributed by atoms with van der Waals surface area (Å²) in [6, 6.07) is 7.98. The van der Waals surface area contributed by atoms with Crippen LogP contribution in [0.15, 0.2) is 30.3 Å². The zero-order chi connectivity index (χ0) is 15.3. The number of rotatable bonds is 7. The first-order chi connectivity index (χ1) is 9.34. The Balaban J connectivity index is 2.99. The highest BCUT2D eigenvalue weighted by Crippen LogP contribution is 2.23.